The van der Waals surface area contributed by atoms with Crippen molar-refractivity contribution in [2.24, 2.45) is 0 Å². The number of rotatable bonds is 7. The Balaban J connectivity index is 1.21. The largest absolute Gasteiger partial charge is 0.439 e. The first-order chi connectivity index (χ1) is 19.1. The topological polar surface area (TPSA) is 122 Å². The molecule has 1 aliphatic rings. The van der Waals surface area contributed by atoms with E-state index >= 15 is 0 Å². The fraction of sp³-hybridized carbons (Fsp3) is 0.214. The smallest absolute Gasteiger partial charge is 0.243 e. The second-order valence-corrected chi connectivity index (χ2v) is 9.45. The number of aryl methyl sites for hydroxylation is 1. The average Bonchev–Trinajstić information content (AvgIpc) is 3.43. The molecule has 1 fully saturated rings. The number of hydrogen-bond donors (Lipinski definition) is 2. The molecule has 3 aromatic heterocycles. The third-order valence-corrected chi connectivity index (χ3v) is 6.75. The monoisotopic (exact) mass is 521 g/mol. The van der Waals surface area contributed by atoms with Crippen molar-refractivity contribution in [2.45, 2.75) is 25.8 Å². The maximum absolute atomic E-state index is 11.8. The molecule has 11 heteroatoms. The first-order valence-corrected chi connectivity index (χ1v) is 12.7. The first kappa shape index (κ1) is 24.3. The van der Waals surface area contributed by atoms with Gasteiger partial charge >= 0.3 is 0 Å². The molecule has 1 aliphatic heterocycles. The van der Waals surface area contributed by atoms with Crippen molar-refractivity contribution >= 4 is 39.6 Å². The lowest BCUT2D eigenvalue weighted by Gasteiger charge is -2.34. The lowest BCUT2D eigenvalue weighted by molar-refractivity contribution is -0.117. The first-order valence-electron chi connectivity index (χ1n) is 12.7. The van der Waals surface area contributed by atoms with Crippen molar-refractivity contribution in [3.8, 4) is 11.6 Å². The number of amides is 1. The average molecular weight is 522 g/mol. The van der Waals surface area contributed by atoms with E-state index in [1.807, 2.05) is 31.2 Å². The van der Waals surface area contributed by atoms with Crippen LogP contribution >= 0.6 is 0 Å². The van der Waals surface area contributed by atoms with Crippen LogP contribution in [0.4, 0.5) is 17.2 Å². The number of hydrogen-bond acceptors (Lipinski definition) is 9. The SMILES string of the molecule is C=CC(=O)N[C@@H]1CCCN(c2ccc3ncnc(Nc4ccc(Oc5cc6nncn6cn5)c(C)c4)c3c2)C1. The number of aromatic nitrogens is 6. The zero-order chi connectivity index (χ0) is 26.8. The Bertz CT molecular complexity index is 1680. The summed E-state index contributed by atoms with van der Waals surface area (Å²) in [5.74, 6) is 1.70. The van der Waals surface area contributed by atoms with Gasteiger partial charge in [0.2, 0.25) is 11.8 Å². The van der Waals surface area contributed by atoms with E-state index in [4.69, 9.17) is 4.74 Å². The summed E-state index contributed by atoms with van der Waals surface area (Å²) in [6.45, 7) is 7.19. The Labute approximate surface area is 224 Å². The van der Waals surface area contributed by atoms with E-state index in [0.717, 1.165) is 53.8 Å². The predicted molar refractivity (Wildman–Crippen MR) is 148 cm³/mol. The Morgan fingerprint density at radius 1 is 1.13 bits per heavy atom. The fourth-order valence-electron chi connectivity index (χ4n) is 4.79. The molecule has 4 heterocycles. The summed E-state index contributed by atoms with van der Waals surface area (Å²) in [7, 11) is 0. The van der Waals surface area contributed by atoms with Gasteiger partial charge in [-0.15, -0.1) is 10.2 Å². The van der Waals surface area contributed by atoms with Crippen LogP contribution in [0.25, 0.3) is 16.6 Å². The normalized spacial score (nSPS) is 15.3. The third kappa shape index (κ3) is 5.19. The molecule has 11 nitrogen and oxygen atoms in total. The number of benzene rings is 2. The summed E-state index contributed by atoms with van der Waals surface area (Å²) < 4.78 is 7.72. The molecule has 1 amide bonds. The number of ether oxygens (including phenoxy) is 1. The number of nitrogens with one attached hydrogen (secondary N) is 2. The lowest BCUT2D eigenvalue weighted by Crippen LogP contribution is -2.47. The van der Waals surface area contributed by atoms with Gasteiger partial charge in [-0.1, -0.05) is 6.58 Å². The minimum Gasteiger partial charge on any atom is -0.439 e. The van der Waals surface area contributed by atoms with Crippen LogP contribution in [-0.2, 0) is 4.79 Å². The number of carbonyl (C=O) groups excluding carboxylic acids is 1. The number of nitrogens with zero attached hydrogens (tertiary/aromatic N) is 7. The Kier molecular flexibility index (Phi) is 6.45. The molecule has 2 aromatic carbocycles. The molecule has 1 atom stereocenters. The molecule has 196 valence electrons. The summed E-state index contributed by atoms with van der Waals surface area (Å²) in [6, 6.07) is 13.8. The highest BCUT2D eigenvalue weighted by atomic mass is 16.5. The highest BCUT2D eigenvalue weighted by Gasteiger charge is 2.21. The summed E-state index contributed by atoms with van der Waals surface area (Å²) in [5.41, 5.74) is 4.37. The van der Waals surface area contributed by atoms with Crippen molar-refractivity contribution in [3.05, 3.63) is 79.7 Å². The number of anilines is 3. The van der Waals surface area contributed by atoms with Gasteiger partial charge in [-0.2, -0.15) is 0 Å². The van der Waals surface area contributed by atoms with Crippen LogP contribution in [0.1, 0.15) is 18.4 Å². The van der Waals surface area contributed by atoms with Crippen molar-refractivity contribution in [3.63, 3.8) is 0 Å². The van der Waals surface area contributed by atoms with E-state index in [0.29, 0.717) is 23.1 Å². The quantitative estimate of drug-likeness (QED) is 0.304. The van der Waals surface area contributed by atoms with Gasteiger partial charge < -0.3 is 20.3 Å². The van der Waals surface area contributed by atoms with Crippen LogP contribution in [0.3, 0.4) is 0 Å². The molecule has 0 spiro atoms. The number of fused-ring (bicyclic) bond motifs is 2. The van der Waals surface area contributed by atoms with E-state index in [9.17, 15) is 4.79 Å². The van der Waals surface area contributed by atoms with E-state index in [1.54, 1.807) is 29.4 Å². The van der Waals surface area contributed by atoms with E-state index in [2.05, 4.69) is 59.4 Å². The molecule has 0 bridgehead atoms. The van der Waals surface area contributed by atoms with Gasteiger partial charge in [-0.05, 0) is 67.8 Å². The highest BCUT2D eigenvalue weighted by Crippen LogP contribution is 2.31. The van der Waals surface area contributed by atoms with Crippen LogP contribution in [-0.4, -0.2) is 54.6 Å². The molecule has 0 saturated carbocycles. The molecule has 0 aliphatic carbocycles. The van der Waals surface area contributed by atoms with E-state index < -0.39 is 0 Å². The third-order valence-electron chi connectivity index (χ3n) is 6.75. The van der Waals surface area contributed by atoms with E-state index in [-0.39, 0.29) is 11.9 Å². The minimum absolute atomic E-state index is 0.0850. The maximum Gasteiger partial charge on any atom is 0.243 e. The van der Waals surface area contributed by atoms with Gasteiger partial charge in [0.1, 0.15) is 30.5 Å². The van der Waals surface area contributed by atoms with Gasteiger partial charge in [0.15, 0.2) is 5.65 Å². The van der Waals surface area contributed by atoms with Crippen LogP contribution in [0.5, 0.6) is 11.6 Å². The second kappa shape index (κ2) is 10.4. The van der Waals surface area contributed by atoms with Gasteiger partial charge in [-0.3, -0.25) is 9.20 Å². The van der Waals surface area contributed by atoms with Gasteiger partial charge in [0.25, 0.3) is 0 Å². The molecule has 0 unspecified atom stereocenters. The Morgan fingerprint density at radius 3 is 2.92 bits per heavy atom. The molecule has 39 heavy (non-hydrogen) atoms. The Hall–Kier alpha value is -5.06. The molecule has 1 saturated heterocycles. The van der Waals surface area contributed by atoms with Crippen molar-refractivity contribution < 1.29 is 9.53 Å². The zero-order valence-corrected chi connectivity index (χ0v) is 21.4. The van der Waals surface area contributed by atoms with Crippen molar-refractivity contribution in [2.75, 3.05) is 23.3 Å². The lowest BCUT2D eigenvalue weighted by atomic mass is 10.0. The van der Waals surface area contributed by atoms with Gasteiger partial charge in [-0.25, -0.2) is 15.0 Å². The predicted octanol–water partition coefficient (Wildman–Crippen LogP) is 4.18. The van der Waals surface area contributed by atoms with Crippen LogP contribution in [0.2, 0.25) is 0 Å². The number of piperidine rings is 1. The van der Waals surface area contributed by atoms with Crippen molar-refractivity contribution in [1.82, 2.24) is 34.9 Å². The summed E-state index contributed by atoms with van der Waals surface area (Å²) >= 11 is 0. The Morgan fingerprint density at radius 2 is 2.05 bits per heavy atom. The highest BCUT2D eigenvalue weighted by molar-refractivity contribution is 5.93. The van der Waals surface area contributed by atoms with E-state index in [1.165, 1.54) is 6.08 Å². The molecule has 5 aromatic rings. The van der Waals surface area contributed by atoms with Crippen LogP contribution in [0, 0.1) is 6.92 Å². The molecule has 6 rings (SSSR count). The summed E-state index contributed by atoms with van der Waals surface area (Å²) in [5, 5.41) is 15.3. The second-order valence-electron chi connectivity index (χ2n) is 9.45. The van der Waals surface area contributed by atoms with Crippen molar-refractivity contribution in [1.29, 1.82) is 0 Å². The standard InChI is InChI=1S/C28H27N9O2/c1-3-26(38)33-20-5-4-10-36(14-20)21-7-8-23-22(12-21)28(30-15-29-23)34-19-6-9-24(18(2)11-19)39-27-13-25-35-32-17-37(25)16-31-27/h3,6-9,11-13,15-17,20H,1,4-5,10,14H2,2H3,(H,33,38)(H,29,30,34)/t20-/m1/s1. The van der Waals surface area contributed by atoms with Crippen LogP contribution in [0.15, 0.2) is 74.1 Å². The molecular weight excluding hydrogens is 494 g/mol. The summed E-state index contributed by atoms with van der Waals surface area (Å²) in [6.07, 6.45) is 8.02. The summed E-state index contributed by atoms with van der Waals surface area (Å²) in [4.78, 5) is 27.4. The molecular formula is C28H27N9O2. The number of carbonyl (C=O) groups is 1. The molecule has 0 radical (unpaired) electrons. The molecule has 2 N–H and O–H groups in total. The maximum atomic E-state index is 11.8. The van der Waals surface area contributed by atoms with Gasteiger partial charge in [0.05, 0.1) is 5.52 Å². The zero-order valence-electron chi connectivity index (χ0n) is 21.4. The fourth-order valence-corrected chi connectivity index (χ4v) is 4.79. The minimum atomic E-state index is -0.139. The van der Waals surface area contributed by atoms with Gasteiger partial charge in [0, 0.05) is 42.0 Å². The van der Waals surface area contributed by atoms with Crippen LogP contribution < -0.4 is 20.3 Å².